The summed E-state index contributed by atoms with van der Waals surface area (Å²) in [5.41, 5.74) is 5.44. The molecule has 4 aromatic rings. The number of hydrogen-bond donors (Lipinski definition) is 6. The maximum atomic E-state index is 10.3. The van der Waals surface area contributed by atoms with E-state index in [9.17, 15) is 20.4 Å². The number of ether oxygens (including phenoxy) is 4. The SMILES string of the molecule is Cc1c(COc2cc(OCc3ccnc(Cl)c3)c(CNC[C@H](O)[C@@H](O)[C@H](O)[C@H](O)CO)cc2Cl)cccc1-c1ccc2c(c1)OCCO2. The molecule has 11 nitrogen and oxygen atoms in total. The van der Waals surface area contributed by atoms with Gasteiger partial charge >= 0.3 is 0 Å². The van der Waals surface area contributed by atoms with Crippen LogP contribution in [0.4, 0.5) is 0 Å². The highest BCUT2D eigenvalue weighted by Gasteiger charge is 2.29. The van der Waals surface area contributed by atoms with Crippen molar-refractivity contribution in [3.8, 4) is 34.1 Å². The van der Waals surface area contributed by atoms with Crippen LogP contribution in [0.1, 0.15) is 22.3 Å². The summed E-state index contributed by atoms with van der Waals surface area (Å²) in [6.45, 7) is 2.71. The average Bonchev–Trinajstić information content (AvgIpc) is 3.10. The Kier molecular flexibility index (Phi) is 12.4. The molecule has 0 bridgehead atoms. The van der Waals surface area contributed by atoms with Crippen molar-refractivity contribution in [3.05, 3.63) is 99.3 Å². The van der Waals surface area contributed by atoms with E-state index in [1.165, 1.54) is 0 Å². The van der Waals surface area contributed by atoms with Gasteiger partial charge in [-0.1, -0.05) is 47.5 Å². The van der Waals surface area contributed by atoms with Crippen LogP contribution >= 0.6 is 23.2 Å². The van der Waals surface area contributed by atoms with Crippen molar-refractivity contribution in [1.29, 1.82) is 0 Å². The molecule has 13 heteroatoms. The minimum atomic E-state index is -1.73. The van der Waals surface area contributed by atoms with Gasteiger partial charge in [0.1, 0.15) is 61.4 Å². The second kappa shape index (κ2) is 16.6. The highest BCUT2D eigenvalue weighted by Crippen LogP contribution is 2.37. The zero-order chi connectivity index (χ0) is 34.2. The maximum absolute atomic E-state index is 10.3. The van der Waals surface area contributed by atoms with Crippen molar-refractivity contribution in [1.82, 2.24) is 10.3 Å². The van der Waals surface area contributed by atoms with Crippen molar-refractivity contribution in [2.24, 2.45) is 0 Å². The van der Waals surface area contributed by atoms with Crippen molar-refractivity contribution in [2.45, 2.75) is 51.1 Å². The standard InChI is InChI=1S/C35H38Cl2N2O9/c1-20-23(3-2-4-25(20)22-5-6-29-32(13-22)46-10-9-45-29)19-48-31-14-30(47-18-21-7-8-39-33(37)11-21)24(12-26(31)36)15-38-16-27(41)34(43)35(44)28(42)17-40/h2-8,11-14,27-28,34-35,38,40-44H,9-10,15-19H2,1H3/t27-,28+,34+,35+/m0/s1. The van der Waals surface area contributed by atoms with Crippen molar-refractivity contribution < 1.29 is 44.5 Å². The van der Waals surface area contributed by atoms with E-state index < -0.39 is 31.0 Å². The molecular formula is C35H38Cl2N2O9. The van der Waals surface area contributed by atoms with Gasteiger partial charge in [-0.25, -0.2) is 4.98 Å². The monoisotopic (exact) mass is 700 g/mol. The molecule has 3 aromatic carbocycles. The first-order chi connectivity index (χ1) is 23.1. The van der Waals surface area contributed by atoms with E-state index in [-0.39, 0.29) is 26.3 Å². The van der Waals surface area contributed by atoms with Crippen LogP contribution in [0, 0.1) is 6.92 Å². The fourth-order valence-electron chi connectivity index (χ4n) is 5.21. The number of nitrogens with zero attached hydrogens (tertiary/aromatic N) is 1. The molecule has 0 saturated heterocycles. The zero-order valence-corrected chi connectivity index (χ0v) is 27.7. The van der Waals surface area contributed by atoms with Crippen LogP contribution < -0.4 is 24.3 Å². The van der Waals surface area contributed by atoms with Gasteiger partial charge in [-0.2, -0.15) is 0 Å². The largest absolute Gasteiger partial charge is 0.488 e. The first-order valence-electron chi connectivity index (χ1n) is 15.4. The lowest BCUT2D eigenvalue weighted by Gasteiger charge is -2.26. The third kappa shape index (κ3) is 8.87. The first kappa shape index (κ1) is 35.7. The highest BCUT2D eigenvalue weighted by molar-refractivity contribution is 6.32. The molecule has 2 heterocycles. The lowest BCUT2D eigenvalue weighted by Crippen LogP contribution is -2.48. The summed E-state index contributed by atoms with van der Waals surface area (Å²) in [5, 5.41) is 52.7. The van der Waals surface area contributed by atoms with Gasteiger partial charge in [0.25, 0.3) is 0 Å². The summed E-state index contributed by atoms with van der Waals surface area (Å²) in [7, 11) is 0. The Hall–Kier alpha value is -3.65. The summed E-state index contributed by atoms with van der Waals surface area (Å²) in [5.74, 6) is 2.28. The Balaban J connectivity index is 1.32. The molecule has 0 aliphatic carbocycles. The Morgan fingerprint density at radius 3 is 2.35 bits per heavy atom. The normalized spacial score (nSPS) is 15.0. The first-order valence-corrected chi connectivity index (χ1v) is 16.1. The second-order valence-corrected chi connectivity index (χ2v) is 12.1. The summed E-state index contributed by atoms with van der Waals surface area (Å²) in [6.07, 6.45) is -4.88. The Labute approximate surface area is 288 Å². The molecule has 4 atom stereocenters. The minimum Gasteiger partial charge on any atom is -0.488 e. The number of hydrogen-bond acceptors (Lipinski definition) is 11. The summed E-state index contributed by atoms with van der Waals surface area (Å²) < 4.78 is 23.8. The molecule has 1 aliphatic rings. The van der Waals surface area contributed by atoms with Crippen LogP contribution in [-0.2, 0) is 19.8 Å². The van der Waals surface area contributed by atoms with Crippen molar-refractivity contribution in [2.75, 3.05) is 26.4 Å². The minimum absolute atomic E-state index is 0.148. The molecule has 0 amide bonds. The van der Waals surface area contributed by atoms with Crippen molar-refractivity contribution >= 4 is 23.2 Å². The Morgan fingerprint density at radius 2 is 1.58 bits per heavy atom. The van der Waals surface area contributed by atoms with Gasteiger partial charge in [0.2, 0.25) is 0 Å². The molecule has 0 spiro atoms. The van der Waals surface area contributed by atoms with E-state index in [0.717, 1.165) is 33.6 Å². The number of nitrogens with one attached hydrogen (secondary N) is 1. The topological polar surface area (TPSA) is 163 Å². The molecule has 0 fully saturated rings. The van der Waals surface area contributed by atoms with Crippen LogP contribution in [0.15, 0.2) is 66.9 Å². The molecule has 0 radical (unpaired) electrons. The predicted molar refractivity (Wildman–Crippen MR) is 180 cm³/mol. The number of pyridine rings is 1. The van der Waals surface area contributed by atoms with Crippen LogP contribution in [-0.4, -0.2) is 81.3 Å². The zero-order valence-electron chi connectivity index (χ0n) is 26.2. The predicted octanol–water partition coefficient (Wildman–Crippen LogP) is 3.82. The van der Waals surface area contributed by atoms with Crippen LogP contribution in [0.5, 0.6) is 23.0 Å². The number of halogens is 2. The lowest BCUT2D eigenvalue weighted by molar-refractivity contribution is -0.114. The fraction of sp³-hybridized carbons (Fsp3) is 0.343. The van der Waals surface area contributed by atoms with Gasteiger partial charge in [0, 0.05) is 30.9 Å². The molecule has 6 N–H and O–H groups in total. The summed E-state index contributed by atoms with van der Waals surface area (Å²) in [4.78, 5) is 4.00. The summed E-state index contributed by atoms with van der Waals surface area (Å²) >= 11 is 12.7. The number of fused-ring (bicyclic) bond motifs is 1. The van der Waals surface area contributed by atoms with E-state index in [1.807, 2.05) is 43.3 Å². The molecule has 48 heavy (non-hydrogen) atoms. The number of benzene rings is 3. The smallest absolute Gasteiger partial charge is 0.161 e. The average molecular weight is 702 g/mol. The van der Waals surface area contributed by atoms with Crippen molar-refractivity contribution in [3.63, 3.8) is 0 Å². The van der Waals surface area contributed by atoms with Gasteiger partial charge in [-0.15, -0.1) is 0 Å². The number of rotatable bonds is 15. The number of aliphatic hydroxyl groups excluding tert-OH is 5. The third-order valence-electron chi connectivity index (χ3n) is 7.98. The summed E-state index contributed by atoms with van der Waals surface area (Å²) in [6, 6.07) is 18.7. The number of aromatic nitrogens is 1. The molecule has 256 valence electrons. The van der Waals surface area contributed by atoms with Gasteiger partial charge in [0.05, 0.1) is 17.7 Å². The molecule has 0 saturated carbocycles. The molecule has 5 rings (SSSR count). The maximum Gasteiger partial charge on any atom is 0.161 e. The number of aliphatic hydroxyl groups is 5. The fourth-order valence-corrected chi connectivity index (χ4v) is 5.65. The van der Waals surface area contributed by atoms with Gasteiger partial charge in [-0.3, -0.25) is 0 Å². The third-order valence-corrected chi connectivity index (χ3v) is 8.48. The van der Waals surface area contributed by atoms with E-state index in [0.29, 0.717) is 46.2 Å². The lowest BCUT2D eigenvalue weighted by atomic mass is 9.96. The van der Waals surface area contributed by atoms with E-state index in [1.54, 1.807) is 30.5 Å². The molecule has 1 aromatic heterocycles. The molecule has 1 aliphatic heterocycles. The Morgan fingerprint density at radius 1 is 0.833 bits per heavy atom. The van der Waals surface area contributed by atoms with Gasteiger partial charge in [0.15, 0.2) is 11.5 Å². The molecular weight excluding hydrogens is 663 g/mol. The quantitative estimate of drug-likeness (QED) is 0.100. The van der Waals surface area contributed by atoms with E-state index in [4.69, 9.17) is 47.3 Å². The van der Waals surface area contributed by atoms with E-state index in [2.05, 4.69) is 10.3 Å². The van der Waals surface area contributed by atoms with Gasteiger partial charge < -0.3 is 49.8 Å². The Bertz CT molecular complexity index is 1690. The van der Waals surface area contributed by atoms with Crippen LogP contribution in [0.2, 0.25) is 10.2 Å². The van der Waals surface area contributed by atoms with Gasteiger partial charge in [-0.05, 0) is 65.1 Å². The van der Waals surface area contributed by atoms with Crippen LogP contribution in [0.25, 0.3) is 11.1 Å². The van der Waals surface area contributed by atoms with E-state index >= 15 is 0 Å². The van der Waals surface area contributed by atoms with Crippen LogP contribution in [0.3, 0.4) is 0 Å². The molecule has 0 unspecified atom stereocenters. The highest BCUT2D eigenvalue weighted by atomic mass is 35.5. The second-order valence-electron chi connectivity index (χ2n) is 11.3.